The summed E-state index contributed by atoms with van der Waals surface area (Å²) in [6.07, 6.45) is 2.16. The molecule has 2 nitrogen and oxygen atoms in total. The van der Waals surface area contributed by atoms with E-state index in [2.05, 4.69) is 267 Å². The molecule has 3 unspecified atom stereocenters. The van der Waals surface area contributed by atoms with Gasteiger partial charge in [0, 0.05) is 39.7 Å². The van der Waals surface area contributed by atoms with Crippen molar-refractivity contribution >= 4 is 28.4 Å². The monoisotopic (exact) mass is 881 g/mol. The molecule has 0 radical (unpaired) electrons. The Balaban J connectivity index is 0.978. The summed E-state index contributed by atoms with van der Waals surface area (Å²) in [4.78, 5) is 2.39. The fraction of sp³-hybridized carbons (Fsp3) is 0.0746. The van der Waals surface area contributed by atoms with Crippen molar-refractivity contribution < 1.29 is 0 Å². The first-order valence-corrected chi connectivity index (χ1v) is 24.3. The average molecular weight is 882 g/mol. The van der Waals surface area contributed by atoms with Crippen molar-refractivity contribution in [1.82, 2.24) is 4.48 Å². The van der Waals surface area contributed by atoms with Crippen LogP contribution in [-0.2, 0) is 10.8 Å². The predicted octanol–water partition coefficient (Wildman–Crippen LogP) is 17.0. The number of allylic oxidation sites excluding steroid dienone is 1. The Bertz CT molecular complexity index is 3600. The van der Waals surface area contributed by atoms with Crippen LogP contribution in [0, 0.1) is 0 Å². The average Bonchev–Trinajstić information content (AvgIpc) is 4.07. The van der Waals surface area contributed by atoms with Crippen molar-refractivity contribution in [2.75, 3.05) is 11.4 Å². The molecular formula is C67H49N2+. The van der Waals surface area contributed by atoms with E-state index in [9.17, 15) is 0 Å². The molecule has 0 amide bonds. The Morgan fingerprint density at radius 1 is 0.435 bits per heavy atom. The molecule has 0 N–H and O–H groups in total. The van der Waals surface area contributed by atoms with Gasteiger partial charge in [0.2, 0.25) is 0 Å². The zero-order chi connectivity index (χ0) is 45.9. The Morgan fingerprint density at radius 2 is 0.971 bits per heavy atom. The number of hydrogen-bond acceptors (Lipinski definition) is 1. The Morgan fingerprint density at radius 3 is 1.62 bits per heavy atom. The van der Waals surface area contributed by atoms with Crippen LogP contribution in [0.5, 0.6) is 0 Å². The molecule has 2 aliphatic carbocycles. The van der Waals surface area contributed by atoms with Crippen LogP contribution >= 0.6 is 0 Å². The molecule has 0 saturated carbocycles. The minimum Gasteiger partial charge on any atom is -0.310 e. The van der Waals surface area contributed by atoms with E-state index in [0.717, 1.165) is 28.1 Å². The van der Waals surface area contributed by atoms with Crippen LogP contribution < -0.4 is 9.38 Å². The molecule has 1 saturated heterocycles. The van der Waals surface area contributed by atoms with E-state index in [1.54, 1.807) is 0 Å². The largest absolute Gasteiger partial charge is 0.310 e. The molecule has 0 spiro atoms. The van der Waals surface area contributed by atoms with Crippen LogP contribution in [0.25, 0.3) is 44.5 Å². The van der Waals surface area contributed by atoms with Crippen LogP contribution in [0.15, 0.2) is 255 Å². The van der Waals surface area contributed by atoms with Gasteiger partial charge < -0.3 is 4.90 Å². The van der Waals surface area contributed by atoms with E-state index >= 15 is 0 Å². The molecule has 14 rings (SSSR count). The predicted molar refractivity (Wildman–Crippen MR) is 287 cm³/mol. The molecule has 3 atom stereocenters. The van der Waals surface area contributed by atoms with E-state index in [4.69, 9.17) is 0 Å². The van der Waals surface area contributed by atoms with Crippen molar-refractivity contribution in [2.45, 2.75) is 23.8 Å². The van der Waals surface area contributed by atoms with Gasteiger partial charge in [0.25, 0.3) is 0 Å². The van der Waals surface area contributed by atoms with Gasteiger partial charge in [-0.3, -0.25) is 0 Å². The topological polar surface area (TPSA) is 3.24 Å². The first-order valence-electron chi connectivity index (χ1n) is 24.3. The number of rotatable bonds is 8. The second kappa shape index (κ2) is 14.8. The van der Waals surface area contributed by atoms with E-state index in [-0.39, 0.29) is 5.41 Å². The third kappa shape index (κ3) is 5.52. The van der Waals surface area contributed by atoms with Gasteiger partial charge in [-0.2, -0.15) is 0 Å². The van der Waals surface area contributed by atoms with Crippen LogP contribution in [0.4, 0.5) is 28.4 Å². The summed E-state index contributed by atoms with van der Waals surface area (Å²) >= 11 is 0. The summed E-state index contributed by atoms with van der Waals surface area (Å²) in [6.45, 7) is 7.82. The summed E-state index contributed by atoms with van der Waals surface area (Å²) in [6, 6.07) is 91.2. The maximum atomic E-state index is 4.43. The van der Waals surface area contributed by atoms with E-state index in [1.165, 1.54) is 94.8 Å². The smallest absolute Gasteiger partial charge is 0.175 e. The minimum atomic E-state index is -0.592. The maximum Gasteiger partial charge on any atom is 0.175 e. The van der Waals surface area contributed by atoms with Crippen LogP contribution in [0.3, 0.4) is 0 Å². The van der Waals surface area contributed by atoms with Gasteiger partial charge in [-0.15, -0.1) is 6.58 Å². The maximum absolute atomic E-state index is 4.43. The number of para-hydroxylation sites is 3. The van der Waals surface area contributed by atoms with Crippen molar-refractivity contribution in [2.24, 2.45) is 0 Å². The summed E-state index contributed by atoms with van der Waals surface area (Å²) in [5, 5.41) is 0. The summed E-state index contributed by atoms with van der Waals surface area (Å²) in [5.41, 5.74) is 24.7. The quantitative estimate of drug-likeness (QED) is 0.0835. The first-order chi connectivity index (χ1) is 34.0. The third-order valence-electron chi connectivity index (χ3n) is 16.2. The second-order valence-corrected chi connectivity index (χ2v) is 19.6. The molecule has 10 aromatic carbocycles. The Hall–Kier alpha value is -8.30. The molecule has 0 bridgehead atoms. The highest BCUT2D eigenvalue weighted by molar-refractivity contribution is 5.98. The number of nitrogens with zero attached hydrogens (tertiary/aromatic N) is 2. The summed E-state index contributed by atoms with van der Waals surface area (Å²) < 4.78 is 0.848. The van der Waals surface area contributed by atoms with Crippen LogP contribution in [-0.4, -0.2) is 6.54 Å². The molecule has 2 heterocycles. The molecule has 4 aliphatic rings. The number of quaternary nitrogens is 1. The molecule has 10 aromatic rings. The van der Waals surface area contributed by atoms with Gasteiger partial charge in [0.05, 0.1) is 5.41 Å². The van der Waals surface area contributed by atoms with E-state index < -0.39 is 5.41 Å². The first kappa shape index (κ1) is 39.8. The lowest BCUT2D eigenvalue weighted by molar-refractivity contribution is 0.664. The molecule has 1 fully saturated rings. The minimum absolute atomic E-state index is 0.274. The van der Waals surface area contributed by atoms with E-state index in [1.807, 2.05) is 0 Å². The van der Waals surface area contributed by atoms with E-state index in [0.29, 0.717) is 6.04 Å². The molecular weight excluding hydrogens is 833 g/mol. The fourth-order valence-corrected chi connectivity index (χ4v) is 12.9. The van der Waals surface area contributed by atoms with Gasteiger partial charge in [0.1, 0.15) is 17.9 Å². The van der Waals surface area contributed by atoms with Gasteiger partial charge in [-0.05, 0) is 146 Å². The summed E-state index contributed by atoms with van der Waals surface area (Å²) in [5.74, 6) is 0. The summed E-state index contributed by atoms with van der Waals surface area (Å²) in [7, 11) is 0. The SMILES string of the molecule is C=CC1(C)c2ccccc2-c2cc3c(cc21)[N+]1(c2ccccc2)CC1c1ccc(-c2ccc4c(c2)C(c2ccccc2)(c2ccccc2)c2cc(N(c5ccccc5)c5ccccc5)ccc2-4)cc1-3. The van der Waals surface area contributed by atoms with Gasteiger partial charge in [0.15, 0.2) is 6.04 Å². The standard InChI is InChI=1S/C67H49N2/c1-3-66(2)60-32-20-19-31-53(60)58-42-59-57-39-45(34-37-56(57)65-44-69(65,64(59)43-61(58)66)52-29-17-8-18-30-52)46-33-36-54-55-38-35-51(68(49-25-13-6-14-26-49)50-27-15-7-16-28-50)41-63(55)67(62(54)40-46,47-21-9-4-10-22-47)48-23-11-5-12-24-48/h3-43,65H,1,44H2,2H3/q+1. The molecule has 2 aliphatic heterocycles. The normalized spacial score (nSPS) is 19.2. The molecule has 2 heteroatoms. The van der Waals surface area contributed by atoms with Crippen LogP contribution in [0.1, 0.15) is 51.9 Å². The van der Waals surface area contributed by atoms with Gasteiger partial charge >= 0.3 is 0 Å². The number of benzene rings is 10. The Labute approximate surface area is 405 Å². The zero-order valence-electron chi connectivity index (χ0n) is 38.6. The fourth-order valence-electron chi connectivity index (χ4n) is 12.9. The second-order valence-electron chi connectivity index (χ2n) is 19.6. The highest BCUT2D eigenvalue weighted by Gasteiger charge is 2.64. The van der Waals surface area contributed by atoms with Crippen molar-refractivity contribution in [1.29, 1.82) is 0 Å². The highest BCUT2D eigenvalue weighted by atomic mass is 15.5. The third-order valence-corrected chi connectivity index (χ3v) is 16.2. The zero-order valence-corrected chi connectivity index (χ0v) is 38.6. The van der Waals surface area contributed by atoms with Crippen molar-refractivity contribution in [3.05, 3.63) is 294 Å². The number of anilines is 3. The van der Waals surface area contributed by atoms with Crippen LogP contribution in [0.2, 0.25) is 0 Å². The number of hydrogen-bond donors (Lipinski definition) is 0. The Kier molecular flexibility index (Phi) is 8.57. The van der Waals surface area contributed by atoms with Crippen molar-refractivity contribution in [3.8, 4) is 44.5 Å². The lowest BCUT2D eigenvalue weighted by Gasteiger charge is -2.35. The molecule has 0 aromatic heterocycles. The van der Waals surface area contributed by atoms with Gasteiger partial charge in [-0.25, -0.2) is 4.48 Å². The molecule has 69 heavy (non-hydrogen) atoms. The molecule has 326 valence electrons. The number of fused-ring (bicyclic) bond motifs is 12. The highest BCUT2D eigenvalue weighted by Crippen LogP contribution is 2.66. The lowest BCUT2D eigenvalue weighted by atomic mass is 9.67. The van der Waals surface area contributed by atoms with Gasteiger partial charge in [-0.1, -0.05) is 176 Å². The lowest BCUT2D eigenvalue weighted by Crippen LogP contribution is -2.28. The van der Waals surface area contributed by atoms with Crippen molar-refractivity contribution in [3.63, 3.8) is 0 Å².